The van der Waals surface area contributed by atoms with Crippen molar-refractivity contribution in [2.45, 2.75) is 38.5 Å². The summed E-state index contributed by atoms with van der Waals surface area (Å²) in [6, 6.07) is 0. The maximum absolute atomic E-state index is 6.50. The monoisotopic (exact) mass is 574 g/mol. The van der Waals surface area contributed by atoms with Gasteiger partial charge in [-0.3, -0.25) is 0 Å². The van der Waals surface area contributed by atoms with Gasteiger partial charge in [0.2, 0.25) is 0 Å². The van der Waals surface area contributed by atoms with E-state index in [4.69, 9.17) is 5.73 Å². The molecule has 0 aromatic heterocycles. The first kappa shape index (κ1) is 22.2. The molecule has 2 aliphatic heterocycles. The Morgan fingerprint density at radius 2 is 1.93 bits per heavy atom. The molecule has 3 rings (SSSR count). The van der Waals surface area contributed by atoms with Crippen LogP contribution in [-0.4, -0.2) is 38.1 Å². The molecule has 3 N–H and O–H groups in total. The largest absolute Gasteiger partial charge is 0.396 e. The van der Waals surface area contributed by atoms with E-state index >= 15 is 0 Å². The number of hydrogen-bond acceptors (Lipinski definition) is 4. The van der Waals surface area contributed by atoms with Gasteiger partial charge in [0.15, 0.2) is 0 Å². The Morgan fingerprint density at radius 1 is 1.14 bits per heavy atom. The lowest BCUT2D eigenvalue weighted by atomic mass is 10.0. The van der Waals surface area contributed by atoms with E-state index in [0.717, 1.165) is 76.1 Å². The van der Waals surface area contributed by atoms with Crippen molar-refractivity contribution in [1.82, 2.24) is 10.2 Å². The second-order valence-electron chi connectivity index (χ2n) is 7.53. The molecule has 1 fully saturated rings. The minimum atomic E-state index is 0.771. The van der Waals surface area contributed by atoms with E-state index in [-0.39, 0.29) is 0 Å². The average Bonchev–Trinajstić information content (AvgIpc) is 2.98. The highest BCUT2D eigenvalue weighted by atomic mass is 79.9. The van der Waals surface area contributed by atoms with E-state index in [1.54, 1.807) is 5.57 Å². The highest BCUT2D eigenvalue weighted by molar-refractivity contribution is 9.14. The van der Waals surface area contributed by atoms with Crippen LogP contribution in [0.4, 0.5) is 11.4 Å². The fourth-order valence-corrected chi connectivity index (χ4v) is 5.67. The van der Waals surface area contributed by atoms with Crippen LogP contribution >= 0.6 is 47.8 Å². The first-order valence-electron chi connectivity index (χ1n) is 9.92. The van der Waals surface area contributed by atoms with Crippen molar-refractivity contribution >= 4 is 59.2 Å². The number of nitrogen functional groups attached to an aromatic ring is 1. The summed E-state index contributed by atoms with van der Waals surface area (Å²) in [5, 5.41) is 3.47. The van der Waals surface area contributed by atoms with E-state index in [2.05, 4.69) is 82.6 Å². The van der Waals surface area contributed by atoms with Crippen molar-refractivity contribution in [1.29, 1.82) is 0 Å². The normalized spacial score (nSPS) is 18.7. The molecule has 0 atom stereocenters. The Hall–Kier alpha value is -0.500. The van der Waals surface area contributed by atoms with Gasteiger partial charge < -0.3 is 20.9 Å². The van der Waals surface area contributed by atoms with E-state index < -0.39 is 0 Å². The zero-order valence-corrected chi connectivity index (χ0v) is 21.2. The Morgan fingerprint density at radius 3 is 2.71 bits per heavy atom. The van der Waals surface area contributed by atoms with Crippen molar-refractivity contribution in [3.63, 3.8) is 0 Å². The third-order valence-electron chi connectivity index (χ3n) is 5.63. The molecule has 1 saturated heterocycles. The topological polar surface area (TPSA) is 44.5 Å². The van der Waals surface area contributed by atoms with Crippen molar-refractivity contribution in [3.05, 3.63) is 43.0 Å². The number of nitrogens with two attached hydrogens (primary N) is 1. The predicted molar refractivity (Wildman–Crippen MR) is 131 cm³/mol. The van der Waals surface area contributed by atoms with Crippen LogP contribution in [0.2, 0.25) is 0 Å². The number of halogens is 3. The van der Waals surface area contributed by atoms with Gasteiger partial charge in [-0.2, -0.15) is 0 Å². The standard InChI is InChI=1S/C21H29Br3N4/c1-14(27(2)12-4-7-15-6-3-10-26-11-9-15)28-13-5-8-16-17(22)18(23)19(24)20(25)21(16)28/h7,26H,1,3-6,8-13,25H2,2H3. The van der Waals surface area contributed by atoms with Crippen LogP contribution < -0.4 is 16.0 Å². The van der Waals surface area contributed by atoms with Gasteiger partial charge in [0, 0.05) is 29.1 Å². The highest BCUT2D eigenvalue weighted by Gasteiger charge is 2.28. The molecule has 2 heterocycles. The van der Waals surface area contributed by atoms with Gasteiger partial charge in [-0.1, -0.05) is 18.2 Å². The molecule has 0 bridgehead atoms. The van der Waals surface area contributed by atoms with E-state index in [9.17, 15) is 0 Å². The highest BCUT2D eigenvalue weighted by Crippen LogP contribution is 2.48. The number of fused-ring (bicyclic) bond motifs is 1. The third-order valence-corrected chi connectivity index (χ3v) is 9.19. The maximum atomic E-state index is 6.50. The molecular weight excluding hydrogens is 548 g/mol. The minimum Gasteiger partial charge on any atom is -0.396 e. The Balaban J connectivity index is 1.72. The number of anilines is 2. The molecule has 0 unspecified atom stereocenters. The number of nitrogens with zero attached hydrogens (tertiary/aromatic N) is 2. The average molecular weight is 577 g/mol. The minimum absolute atomic E-state index is 0.771. The van der Waals surface area contributed by atoms with Crippen LogP contribution in [-0.2, 0) is 6.42 Å². The second-order valence-corrected chi connectivity index (χ2v) is 9.91. The lowest BCUT2D eigenvalue weighted by Crippen LogP contribution is -2.37. The number of nitrogens with one attached hydrogen (secondary N) is 1. The van der Waals surface area contributed by atoms with Crippen LogP contribution in [0.3, 0.4) is 0 Å². The Bertz CT molecular complexity index is 766. The van der Waals surface area contributed by atoms with Crippen molar-refractivity contribution in [2.24, 2.45) is 0 Å². The zero-order chi connectivity index (χ0) is 20.3. The predicted octanol–water partition coefficient (Wildman–Crippen LogP) is 5.80. The first-order chi connectivity index (χ1) is 13.4. The quantitative estimate of drug-likeness (QED) is 0.264. The maximum Gasteiger partial charge on any atom is 0.101 e. The van der Waals surface area contributed by atoms with Crippen molar-refractivity contribution in [3.8, 4) is 0 Å². The lowest BCUT2D eigenvalue weighted by Gasteiger charge is -2.38. The molecule has 0 saturated carbocycles. The van der Waals surface area contributed by atoms with Crippen molar-refractivity contribution < 1.29 is 0 Å². The van der Waals surface area contributed by atoms with Gasteiger partial charge in [-0.15, -0.1) is 0 Å². The summed E-state index contributed by atoms with van der Waals surface area (Å²) in [5.41, 5.74) is 11.2. The molecule has 2 aliphatic rings. The second kappa shape index (κ2) is 10.0. The molecule has 0 radical (unpaired) electrons. The molecule has 4 nitrogen and oxygen atoms in total. The SMILES string of the molecule is C=C(N(C)CCC=C1CCCNCC1)N1CCCc2c(Br)c(Br)c(Br)c(N)c21. The van der Waals surface area contributed by atoms with Gasteiger partial charge >= 0.3 is 0 Å². The van der Waals surface area contributed by atoms with Gasteiger partial charge in [-0.05, 0) is 105 Å². The molecule has 0 amide bonds. The molecule has 154 valence electrons. The molecule has 0 aliphatic carbocycles. The third kappa shape index (κ3) is 4.79. The van der Waals surface area contributed by atoms with Gasteiger partial charge in [0.25, 0.3) is 0 Å². The van der Waals surface area contributed by atoms with Crippen LogP contribution in [0.25, 0.3) is 0 Å². The summed E-state index contributed by atoms with van der Waals surface area (Å²) >= 11 is 11.0. The summed E-state index contributed by atoms with van der Waals surface area (Å²) in [5.74, 6) is 1.01. The summed E-state index contributed by atoms with van der Waals surface area (Å²) in [6.07, 6.45) is 9.23. The number of hydrogen-bond donors (Lipinski definition) is 2. The molecule has 1 aromatic rings. The summed E-state index contributed by atoms with van der Waals surface area (Å²) in [7, 11) is 2.13. The number of benzene rings is 1. The Kier molecular flexibility index (Phi) is 7.93. The van der Waals surface area contributed by atoms with Crippen LogP contribution in [0.1, 0.15) is 37.7 Å². The molecule has 7 heteroatoms. The summed E-state index contributed by atoms with van der Waals surface area (Å²) in [6.45, 7) is 8.55. The van der Waals surface area contributed by atoms with E-state index in [1.165, 1.54) is 24.8 Å². The zero-order valence-electron chi connectivity index (χ0n) is 16.5. The van der Waals surface area contributed by atoms with Crippen LogP contribution in [0.15, 0.2) is 37.5 Å². The number of rotatable bonds is 5. The van der Waals surface area contributed by atoms with Gasteiger partial charge in [-0.25, -0.2) is 0 Å². The van der Waals surface area contributed by atoms with Crippen LogP contribution in [0.5, 0.6) is 0 Å². The van der Waals surface area contributed by atoms with E-state index in [0.29, 0.717) is 0 Å². The fourth-order valence-electron chi connectivity index (χ4n) is 3.98. The van der Waals surface area contributed by atoms with E-state index in [1.807, 2.05) is 0 Å². The van der Waals surface area contributed by atoms with Crippen molar-refractivity contribution in [2.75, 3.05) is 43.9 Å². The molecule has 28 heavy (non-hydrogen) atoms. The van der Waals surface area contributed by atoms with Gasteiger partial charge in [0.05, 0.1) is 15.8 Å². The molecule has 1 aromatic carbocycles. The van der Waals surface area contributed by atoms with Gasteiger partial charge in [0.1, 0.15) is 5.82 Å². The Labute approximate surface area is 194 Å². The molecular formula is C21H29Br3N4. The molecule has 0 spiro atoms. The van der Waals surface area contributed by atoms with Crippen LogP contribution in [0, 0.1) is 0 Å². The summed E-state index contributed by atoms with van der Waals surface area (Å²) in [4.78, 5) is 4.53. The summed E-state index contributed by atoms with van der Waals surface area (Å²) < 4.78 is 2.96. The lowest BCUT2D eigenvalue weighted by molar-refractivity contribution is 0.407. The fraction of sp³-hybridized carbons (Fsp3) is 0.524. The smallest absolute Gasteiger partial charge is 0.101 e. The first-order valence-corrected chi connectivity index (χ1v) is 12.3.